The van der Waals surface area contributed by atoms with Crippen molar-refractivity contribution in [1.29, 1.82) is 0 Å². The van der Waals surface area contributed by atoms with Crippen molar-refractivity contribution in [3.63, 3.8) is 0 Å². The van der Waals surface area contributed by atoms with Gasteiger partial charge in [-0.15, -0.1) is 0 Å². The maximum Gasteiger partial charge on any atom is 0.0462 e. The first-order valence-corrected chi connectivity index (χ1v) is 6.55. The summed E-state index contributed by atoms with van der Waals surface area (Å²) in [6.45, 7) is 3.17. The summed E-state index contributed by atoms with van der Waals surface area (Å²) in [6, 6.07) is 0. The first kappa shape index (κ1) is 14.7. The molecule has 0 heterocycles. The summed E-state index contributed by atoms with van der Waals surface area (Å²) in [4.78, 5) is 0. The second-order valence-corrected chi connectivity index (χ2v) is 4.16. The number of hydrogen-bond acceptors (Lipinski definition) is 1. The van der Waals surface area contributed by atoms with Crippen LogP contribution < -0.4 is 0 Å². The Balaban J connectivity index is 2.95. The van der Waals surface area contributed by atoms with E-state index in [0.29, 0.717) is 0 Å². The van der Waals surface area contributed by atoms with E-state index in [-0.39, 0.29) is 0 Å². The second kappa shape index (κ2) is 13.7. The predicted molar refractivity (Wildman–Crippen MR) is 68.2 cm³/mol. The molecule has 15 heavy (non-hydrogen) atoms. The van der Waals surface area contributed by atoms with Crippen LogP contribution in [0.5, 0.6) is 0 Å². The highest BCUT2D eigenvalue weighted by Crippen LogP contribution is 2.06. The Labute approximate surface area is 95.9 Å². The second-order valence-electron chi connectivity index (χ2n) is 4.16. The van der Waals surface area contributed by atoms with Crippen molar-refractivity contribution in [3.8, 4) is 0 Å². The minimum Gasteiger partial charge on any atom is -0.385 e. The molecule has 0 fully saturated rings. The van der Waals surface area contributed by atoms with Crippen LogP contribution in [0, 0.1) is 0 Å². The van der Waals surface area contributed by atoms with Crippen LogP contribution in [0.3, 0.4) is 0 Å². The third-order valence-corrected chi connectivity index (χ3v) is 2.61. The van der Waals surface area contributed by atoms with Crippen LogP contribution >= 0.6 is 0 Å². The maximum atomic E-state index is 5.01. The Hall–Kier alpha value is -0.300. The molecule has 0 bridgehead atoms. The zero-order valence-corrected chi connectivity index (χ0v) is 10.6. The molecule has 0 amide bonds. The molecule has 0 aromatic heterocycles. The topological polar surface area (TPSA) is 9.23 Å². The molecule has 1 heteroatoms. The van der Waals surface area contributed by atoms with Gasteiger partial charge in [-0.1, -0.05) is 51.2 Å². The molecule has 0 radical (unpaired) electrons. The van der Waals surface area contributed by atoms with Crippen molar-refractivity contribution >= 4 is 0 Å². The highest BCUT2D eigenvalue weighted by atomic mass is 16.5. The van der Waals surface area contributed by atoms with Crippen molar-refractivity contribution in [2.45, 2.75) is 64.7 Å². The molecule has 0 rings (SSSR count). The lowest BCUT2D eigenvalue weighted by Gasteiger charge is -1.99. The molecular weight excluding hydrogens is 184 g/mol. The predicted octanol–water partition coefficient (Wildman–Crippen LogP) is 4.72. The van der Waals surface area contributed by atoms with Gasteiger partial charge in [0.1, 0.15) is 0 Å². The summed E-state index contributed by atoms with van der Waals surface area (Å²) in [7, 11) is 1.78. The number of ether oxygens (including phenoxy) is 1. The summed E-state index contributed by atoms with van der Waals surface area (Å²) in [5, 5.41) is 0. The molecule has 90 valence electrons. The average molecular weight is 212 g/mol. The number of allylic oxidation sites excluding steroid dienone is 2. The summed E-state index contributed by atoms with van der Waals surface area (Å²) >= 11 is 0. The quantitative estimate of drug-likeness (QED) is 0.356. The minimum absolute atomic E-state index is 0.928. The fourth-order valence-corrected chi connectivity index (χ4v) is 1.60. The molecule has 0 aromatic rings. The standard InChI is InChI=1S/C14H28O/c1-3-4-5-6-7-8-9-10-11-12-13-14-15-2/h6-7H,3-5,8-14H2,1-2H3/b7-6-. The van der Waals surface area contributed by atoms with Gasteiger partial charge in [0.05, 0.1) is 0 Å². The van der Waals surface area contributed by atoms with E-state index in [0.717, 1.165) is 6.61 Å². The third-order valence-electron chi connectivity index (χ3n) is 2.61. The summed E-state index contributed by atoms with van der Waals surface area (Å²) in [5.74, 6) is 0. The van der Waals surface area contributed by atoms with Gasteiger partial charge in [-0.05, 0) is 25.7 Å². The fourth-order valence-electron chi connectivity index (χ4n) is 1.60. The number of hydrogen-bond donors (Lipinski definition) is 0. The Kier molecular flexibility index (Phi) is 13.4. The summed E-state index contributed by atoms with van der Waals surface area (Å²) in [5.41, 5.74) is 0. The van der Waals surface area contributed by atoms with Crippen LogP contribution in [-0.4, -0.2) is 13.7 Å². The zero-order valence-electron chi connectivity index (χ0n) is 10.6. The molecule has 0 aliphatic carbocycles. The lowest BCUT2D eigenvalue weighted by atomic mass is 10.1. The normalized spacial score (nSPS) is 11.3. The van der Waals surface area contributed by atoms with Crippen LogP contribution in [-0.2, 0) is 4.74 Å². The maximum absolute atomic E-state index is 5.01. The molecule has 1 nitrogen and oxygen atoms in total. The number of methoxy groups -OCH3 is 1. The fraction of sp³-hybridized carbons (Fsp3) is 0.857. The van der Waals surface area contributed by atoms with Gasteiger partial charge in [-0.2, -0.15) is 0 Å². The van der Waals surface area contributed by atoms with Crippen molar-refractivity contribution in [3.05, 3.63) is 12.2 Å². The summed E-state index contributed by atoms with van der Waals surface area (Å²) < 4.78 is 5.01. The number of unbranched alkanes of at least 4 members (excludes halogenated alkanes) is 7. The Morgan fingerprint density at radius 2 is 1.40 bits per heavy atom. The van der Waals surface area contributed by atoms with Gasteiger partial charge in [-0.3, -0.25) is 0 Å². The molecular formula is C14H28O. The van der Waals surface area contributed by atoms with Crippen molar-refractivity contribution in [2.75, 3.05) is 13.7 Å². The van der Waals surface area contributed by atoms with E-state index in [1.807, 2.05) is 0 Å². The summed E-state index contributed by atoms with van der Waals surface area (Å²) in [6.07, 6.45) is 16.5. The molecule has 0 unspecified atom stereocenters. The largest absolute Gasteiger partial charge is 0.385 e. The van der Waals surface area contributed by atoms with Gasteiger partial charge in [0.25, 0.3) is 0 Å². The van der Waals surface area contributed by atoms with E-state index in [1.165, 1.54) is 57.8 Å². The van der Waals surface area contributed by atoms with Crippen LogP contribution in [0.15, 0.2) is 12.2 Å². The minimum atomic E-state index is 0.928. The molecule has 0 saturated carbocycles. The lowest BCUT2D eigenvalue weighted by molar-refractivity contribution is 0.192. The molecule has 0 atom stereocenters. The Bertz CT molecular complexity index is 129. The SMILES string of the molecule is CCCC/C=C\CCCCCCCOC. The monoisotopic (exact) mass is 212 g/mol. The Morgan fingerprint density at radius 1 is 0.800 bits per heavy atom. The number of rotatable bonds is 11. The van der Waals surface area contributed by atoms with Crippen LogP contribution in [0.25, 0.3) is 0 Å². The first-order valence-electron chi connectivity index (χ1n) is 6.55. The van der Waals surface area contributed by atoms with E-state index in [9.17, 15) is 0 Å². The van der Waals surface area contributed by atoms with E-state index < -0.39 is 0 Å². The highest BCUT2D eigenvalue weighted by Gasteiger charge is 1.89. The van der Waals surface area contributed by atoms with E-state index in [2.05, 4.69) is 19.1 Å². The molecule has 0 aliphatic heterocycles. The first-order chi connectivity index (χ1) is 7.41. The van der Waals surface area contributed by atoms with Gasteiger partial charge >= 0.3 is 0 Å². The van der Waals surface area contributed by atoms with Crippen LogP contribution in [0.2, 0.25) is 0 Å². The van der Waals surface area contributed by atoms with Gasteiger partial charge in [0.2, 0.25) is 0 Å². The molecule has 0 N–H and O–H groups in total. The zero-order chi connectivity index (χ0) is 11.2. The molecule has 0 spiro atoms. The van der Waals surface area contributed by atoms with Gasteiger partial charge < -0.3 is 4.74 Å². The highest BCUT2D eigenvalue weighted by molar-refractivity contribution is 4.80. The van der Waals surface area contributed by atoms with Crippen molar-refractivity contribution in [2.24, 2.45) is 0 Å². The van der Waals surface area contributed by atoms with Crippen LogP contribution in [0.4, 0.5) is 0 Å². The lowest BCUT2D eigenvalue weighted by Crippen LogP contribution is -1.87. The van der Waals surface area contributed by atoms with Gasteiger partial charge in [0.15, 0.2) is 0 Å². The molecule has 0 aromatic carbocycles. The third kappa shape index (κ3) is 13.7. The van der Waals surface area contributed by atoms with E-state index >= 15 is 0 Å². The van der Waals surface area contributed by atoms with Gasteiger partial charge in [-0.25, -0.2) is 0 Å². The van der Waals surface area contributed by atoms with Gasteiger partial charge in [0, 0.05) is 13.7 Å². The average Bonchev–Trinajstić information content (AvgIpc) is 2.26. The molecule has 0 saturated heterocycles. The Morgan fingerprint density at radius 3 is 2.07 bits per heavy atom. The van der Waals surface area contributed by atoms with E-state index in [1.54, 1.807) is 7.11 Å². The van der Waals surface area contributed by atoms with Crippen LogP contribution in [0.1, 0.15) is 64.7 Å². The molecule has 0 aliphatic rings. The van der Waals surface area contributed by atoms with Crippen molar-refractivity contribution < 1.29 is 4.74 Å². The van der Waals surface area contributed by atoms with Crippen molar-refractivity contribution in [1.82, 2.24) is 0 Å². The van der Waals surface area contributed by atoms with E-state index in [4.69, 9.17) is 4.74 Å². The smallest absolute Gasteiger partial charge is 0.0462 e.